The van der Waals surface area contributed by atoms with E-state index in [0.29, 0.717) is 15.4 Å². The van der Waals surface area contributed by atoms with Crippen molar-refractivity contribution >= 4 is 48.9 Å². The summed E-state index contributed by atoms with van der Waals surface area (Å²) < 4.78 is 27.9. The largest absolute Gasteiger partial charge is 0.396 e. The number of rotatable bonds is 5. The van der Waals surface area contributed by atoms with Crippen molar-refractivity contribution in [1.29, 1.82) is 0 Å². The minimum atomic E-state index is -3.52. The summed E-state index contributed by atoms with van der Waals surface area (Å²) in [5.74, 6) is 0.410. The van der Waals surface area contributed by atoms with Crippen molar-refractivity contribution in [2.45, 2.75) is 29.9 Å². The lowest BCUT2D eigenvalue weighted by Gasteiger charge is -2.30. The second kappa shape index (κ2) is 7.07. The monoisotopic (exact) mass is 401 g/mol. The van der Waals surface area contributed by atoms with Gasteiger partial charge in [0.05, 0.1) is 8.81 Å². The highest BCUT2D eigenvalue weighted by molar-refractivity contribution is 9.11. The molecule has 2 unspecified atom stereocenters. The van der Waals surface area contributed by atoms with Crippen molar-refractivity contribution < 1.29 is 13.5 Å². The Labute approximate surface area is 136 Å². The molecule has 114 valence electrons. The van der Waals surface area contributed by atoms with Gasteiger partial charge in [-0.15, -0.1) is 11.3 Å². The van der Waals surface area contributed by atoms with Gasteiger partial charge in [0.2, 0.25) is 10.0 Å². The van der Waals surface area contributed by atoms with Crippen molar-refractivity contribution in [2.75, 3.05) is 13.2 Å². The highest BCUT2D eigenvalue weighted by atomic mass is 79.9. The number of hydrogen-bond acceptors (Lipinski definition) is 4. The number of nitrogens with one attached hydrogen (secondary N) is 1. The molecular formula is C12H17BrClNO3S2. The SMILES string of the molecule is O=S(=O)(NCC1CCCCC1CO)c1cc(Cl)c(Br)s1. The third-order valence-corrected chi connectivity index (χ3v) is 8.10. The van der Waals surface area contributed by atoms with E-state index < -0.39 is 10.0 Å². The molecule has 2 atom stereocenters. The summed E-state index contributed by atoms with van der Waals surface area (Å²) in [4.78, 5) is 0. The maximum absolute atomic E-state index is 12.2. The van der Waals surface area contributed by atoms with E-state index in [2.05, 4.69) is 20.7 Å². The highest BCUT2D eigenvalue weighted by Crippen LogP contribution is 2.35. The van der Waals surface area contributed by atoms with E-state index in [1.807, 2.05) is 0 Å². The van der Waals surface area contributed by atoms with Gasteiger partial charge in [-0.3, -0.25) is 0 Å². The first kappa shape index (κ1) is 16.7. The predicted molar refractivity (Wildman–Crippen MR) is 84.8 cm³/mol. The second-order valence-electron chi connectivity index (χ2n) is 5.03. The van der Waals surface area contributed by atoms with Crippen LogP contribution in [0.25, 0.3) is 0 Å². The predicted octanol–water partition coefficient (Wildman–Crippen LogP) is 3.24. The Morgan fingerprint density at radius 3 is 2.60 bits per heavy atom. The molecule has 0 amide bonds. The lowest BCUT2D eigenvalue weighted by molar-refractivity contribution is 0.136. The highest BCUT2D eigenvalue weighted by Gasteiger charge is 2.27. The zero-order valence-corrected chi connectivity index (χ0v) is 14.8. The van der Waals surface area contributed by atoms with Crippen LogP contribution < -0.4 is 4.72 Å². The van der Waals surface area contributed by atoms with Crippen LogP contribution in [-0.2, 0) is 10.0 Å². The molecule has 1 aromatic rings. The summed E-state index contributed by atoms with van der Waals surface area (Å²) in [7, 11) is -3.52. The molecule has 2 rings (SSSR count). The summed E-state index contributed by atoms with van der Waals surface area (Å²) in [6, 6.07) is 1.45. The molecular weight excluding hydrogens is 386 g/mol. The summed E-state index contributed by atoms with van der Waals surface area (Å²) in [5, 5.41) is 9.75. The number of hydrogen-bond donors (Lipinski definition) is 2. The molecule has 0 spiro atoms. The van der Waals surface area contributed by atoms with Crippen molar-refractivity contribution in [3.63, 3.8) is 0 Å². The van der Waals surface area contributed by atoms with Crippen molar-refractivity contribution in [3.05, 3.63) is 14.9 Å². The molecule has 4 nitrogen and oxygen atoms in total. The number of halogens is 2. The molecule has 0 bridgehead atoms. The molecule has 8 heteroatoms. The molecule has 1 aliphatic rings. The van der Waals surface area contributed by atoms with Crippen molar-refractivity contribution in [2.24, 2.45) is 11.8 Å². The molecule has 20 heavy (non-hydrogen) atoms. The Hall–Kier alpha value is 0.340. The topological polar surface area (TPSA) is 66.4 Å². The van der Waals surface area contributed by atoms with Gasteiger partial charge in [-0.25, -0.2) is 13.1 Å². The third kappa shape index (κ3) is 3.96. The van der Waals surface area contributed by atoms with Gasteiger partial charge in [0.25, 0.3) is 0 Å². The summed E-state index contributed by atoms with van der Waals surface area (Å²) >= 11 is 10.2. The van der Waals surface area contributed by atoms with E-state index in [9.17, 15) is 13.5 Å². The maximum atomic E-state index is 12.2. The minimum absolute atomic E-state index is 0.128. The van der Waals surface area contributed by atoms with Crippen molar-refractivity contribution in [3.8, 4) is 0 Å². The van der Waals surface area contributed by atoms with Gasteiger partial charge in [-0.1, -0.05) is 24.4 Å². The van der Waals surface area contributed by atoms with Crippen LogP contribution in [0.5, 0.6) is 0 Å². The van der Waals surface area contributed by atoms with E-state index in [4.69, 9.17) is 11.6 Å². The Kier molecular flexibility index (Phi) is 5.90. The number of aliphatic hydroxyl groups is 1. The molecule has 1 heterocycles. The molecule has 0 saturated heterocycles. The molecule has 1 aromatic heterocycles. The standard InChI is InChI=1S/C12H17BrClNO3S2/c13-12-10(14)5-11(19-12)20(17,18)15-6-8-3-1-2-4-9(8)7-16/h5,8-9,15-16H,1-4,6-7H2. The second-order valence-corrected chi connectivity index (χ2v) is 9.80. The van der Waals surface area contributed by atoms with Crippen LogP contribution in [0.1, 0.15) is 25.7 Å². The van der Waals surface area contributed by atoms with E-state index in [-0.39, 0.29) is 22.7 Å². The Morgan fingerprint density at radius 1 is 1.40 bits per heavy atom. The molecule has 1 aliphatic carbocycles. The quantitative estimate of drug-likeness (QED) is 0.794. The zero-order valence-electron chi connectivity index (χ0n) is 10.8. The Bertz CT molecular complexity index is 542. The van der Waals surface area contributed by atoms with Crippen LogP contribution in [0, 0.1) is 11.8 Å². The van der Waals surface area contributed by atoms with Crippen LogP contribution in [0.2, 0.25) is 5.02 Å². The van der Waals surface area contributed by atoms with Gasteiger partial charge < -0.3 is 5.11 Å². The minimum Gasteiger partial charge on any atom is -0.396 e. The normalized spacial score (nSPS) is 23.9. The molecule has 0 aromatic carbocycles. The average Bonchev–Trinajstić information content (AvgIpc) is 2.78. The van der Waals surface area contributed by atoms with Crippen LogP contribution in [0.3, 0.4) is 0 Å². The fourth-order valence-electron chi connectivity index (χ4n) is 2.54. The fourth-order valence-corrected chi connectivity index (χ4v) is 6.08. The smallest absolute Gasteiger partial charge is 0.250 e. The lowest BCUT2D eigenvalue weighted by atomic mass is 9.80. The number of thiophene rings is 1. The number of aliphatic hydroxyl groups excluding tert-OH is 1. The van der Waals surface area contributed by atoms with E-state index in [1.54, 1.807) is 0 Å². The van der Waals surface area contributed by atoms with Crippen LogP contribution in [0.4, 0.5) is 0 Å². The molecule has 1 fully saturated rings. The molecule has 0 radical (unpaired) electrons. The fraction of sp³-hybridized carbons (Fsp3) is 0.667. The summed E-state index contributed by atoms with van der Waals surface area (Å²) in [5.41, 5.74) is 0. The van der Waals surface area contributed by atoms with Gasteiger partial charge in [-0.2, -0.15) is 0 Å². The summed E-state index contributed by atoms with van der Waals surface area (Å²) in [6.07, 6.45) is 4.14. The maximum Gasteiger partial charge on any atom is 0.250 e. The van der Waals surface area contributed by atoms with Crippen LogP contribution in [-0.4, -0.2) is 26.7 Å². The van der Waals surface area contributed by atoms with Crippen molar-refractivity contribution in [1.82, 2.24) is 4.72 Å². The Balaban J connectivity index is 2.01. The summed E-state index contributed by atoms with van der Waals surface area (Å²) in [6.45, 7) is 0.503. The molecule has 0 aliphatic heterocycles. The zero-order chi connectivity index (χ0) is 14.8. The van der Waals surface area contributed by atoms with Gasteiger partial charge in [0, 0.05) is 13.2 Å². The van der Waals surface area contributed by atoms with E-state index in [0.717, 1.165) is 37.0 Å². The number of sulfonamides is 1. The van der Waals surface area contributed by atoms with Gasteiger partial charge in [0.15, 0.2) is 0 Å². The average molecular weight is 403 g/mol. The van der Waals surface area contributed by atoms with E-state index in [1.165, 1.54) is 6.07 Å². The van der Waals surface area contributed by atoms with Gasteiger partial charge >= 0.3 is 0 Å². The van der Waals surface area contributed by atoms with Crippen LogP contribution in [0.15, 0.2) is 14.1 Å². The first-order valence-corrected chi connectivity index (χ1v) is 9.96. The first-order chi connectivity index (χ1) is 9.44. The molecule has 1 saturated carbocycles. The lowest BCUT2D eigenvalue weighted by Crippen LogP contribution is -2.35. The Morgan fingerprint density at radius 2 is 2.05 bits per heavy atom. The molecule has 2 N–H and O–H groups in total. The third-order valence-electron chi connectivity index (χ3n) is 3.72. The van der Waals surface area contributed by atoms with E-state index >= 15 is 0 Å². The van der Waals surface area contributed by atoms with Crippen LogP contribution >= 0.6 is 38.9 Å². The van der Waals surface area contributed by atoms with Gasteiger partial charge in [0.1, 0.15) is 4.21 Å². The van der Waals surface area contributed by atoms with Gasteiger partial charge in [-0.05, 0) is 46.7 Å². The first-order valence-electron chi connectivity index (χ1n) is 6.49.